The van der Waals surface area contributed by atoms with Gasteiger partial charge in [-0.2, -0.15) is 5.10 Å². The lowest BCUT2D eigenvalue weighted by Crippen LogP contribution is -2.35. The first-order chi connectivity index (χ1) is 16.3. The van der Waals surface area contributed by atoms with Gasteiger partial charge in [-0.1, -0.05) is 6.07 Å². The number of anilines is 1. The topological polar surface area (TPSA) is 101 Å². The number of carbonyl (C=O) groups is 2. The van der Waals surface area contributed by atoms with Crippen molar-refractivity contribution in [2.24, 2.45) is 7.05 Å². The highest BCUT2D eigenvalue weighted by molar-refractivity contribution is 6.09. The van der Waals surface area contributed by atoms with Crippen LogP contribution in [0.2, 0.25) is 0 Å². The smallest absolute Gasteiger partial charge is 0.326 e. The van der Waals surface area contributed by atoms with Gasteiger partial charge in [0.2, 0.25) is 0 Å². The van der Waals surface area contributed by atoms with E-state index in [-0.39, 0.29) is 6.10 Å². The van der Waals surface area contributed by atoms with E-state index in [9.17, 15) is 9.59 Å². The first kappa shape index (κ1) is 23.7. The predicted molar refractivity (Wildman–Crippen MR) is 131 cm³/mol. The number of benzene rings is 1. The molecule has 180 valence electrons. The highest BCUT2D eigenvalue weighted by Crippen LogP contribution is 2.22. The van der Waals surface area contributed by atoms with Gasteiger partial charge in [0.1, 0.15) is 5.75 Å². The SMILES string of the molecule is Cc1nn(C)c2nc(CCN3CCCC3)c(C(=O)NC(=O)Nc3cccc(OC(C)C)c3)cc12. The number of ether oxygens (including phenoxy) is 1. The molecule has 3 aromatic rings. The van der Waals surface area contributed by atoms with Crippen molar-refractivity contribution in [2.75, 3.05) is 25.0 Å². The van der Waals surface area contributed by atoms with E-state index in [0.717, 1.165) is 36.4 Å². The minimum absolute atomic E-state index is 0.0167. The van der Waals surface area contributed by atoms with Gasteiger partial charge in [0.15, 0.2) is 5.65 Å². The Morgan fingerprint density at radius 2 is 1.94 bits per heavy atom. The lowest BCUT2D eigenvalue weighted by molar-refractivity contribution is 0.0965. The third-order valence-corrected chi connectivity index (χ3v) is 5.88. The number of likely N-dealkylation sites (tertiary alicyclic amines) is 1. The Balaban J connectivity index is 1.52. The summed E-state index contributed by atoms with van der Waals surface area (Å²) in [5.74, 6) is 0.159. The fraction of sp³-hybridized carbons (Fsp3) is 0.440. The molecule has 0 saturated carbocycles. The molecule has 0 spiro atoms. The molecule has 3 amide bonds. The number of nitrogens with zero attached hydrogens (tertiary/aromatic N) is 4. The lowest BCUT2D eigenvalue weighted by Gasteiger charge is -2.16. The second-order valence-corrected chi connectivity index (χ2v) is 8.96. The molecule has 9 heteroatoms. The standard InChI is InChI=1S/C25H32N6O3/c1-16(2)34-19-9-7-8-18(14-19)26-25(33)28-24(32)21-15-20-17(3)29-30(4)23(20)27-22(21)10-13-31-11-5-6-12-31/h7-9,14-16H,5-6,10-13H2,1-4H3,(H2,26,28,32,33). The summed E-state index contributed by atoms with van der Waals surface area (Å²) < 4.78 is 7.39. The summed E-state index contributed by atoms with van der Waals surface area (Å²) in [4.78, 5) is 32.9. The molecule has 1 aliphatic heterocycles. The molecule has 0 aliphatic carbocycles. The predicted octanol–water partition coefficient (Wildman–Crippen LogP) is 3.66. The Morgan fingerprint density at radius 3 is 2.68 bits per heavy atom. The van der Waals surface area contributed by atoms with E-state index in [1.807, 2.05) is 33.9 Å². The maximum atomic E-state index is 13.2. The molecule has 2 N–H and O–H groups in total. The van der Waals surface area contributed by atoms with Crippen molar-refractivity contribution in [1.82, 2.24) is 25.0 Å². The highest BCUT2D eigenvalue weighted by atomic mass is 16.5. The van der Waals surface area contributed by atoms with E-state index >= 15 is 0 Å². The van der Waals surface area contributed by atoms with Crippen LogP contribution < -0.4 is 15.4 Å². The molecule has 34 heavy (non-hydrogen) atoms. The molecule has 1 aliphatic rings. The van der Waals surface area contributed by atoms with Crippen LogP contribution in [0, 0.1) is 6.92 Å². The number of aryl methyl sites for hydroxylation is 2. The zero-order chi connectivity index (χ0) is 24.2. The Kier molecular flexibility index (Phi) is 7.12. The van der Waals surface area contributed by atoms with Gasteiger partial charge in [-0.05, 0) is 64.9 Å². The number of pyridine rings is 1. The molecule has 0 radical (unpaired) electrons. The first-order valence-corrected chi connectivity index (χ1v) is 11.7. The maximum Gasteiger partial charge on any atom is 0.326 e. The molecule has 1 fully saturated rings. The third kappa shape index (κ3) is 5.53. The quantitative estimate of drug-likeness (QED) is 0.553. The molecule has 4 rings (SSSR count). The van der Waals surface area contributed by atoms with Crippen LogP contribution in [-0.4, -0.2) is 57.3 Å². The summed E-state index contributed by atoms with van der Waals surface area (Å²) in [7, 11) is 1.84. The van der Waals surface area contributed by atoms with E-state index in [0.29, 0.717) is 29.1 Å². The summed E-state index contributed by atoms with van der Waals surface area (Å²) in [6, 6.07) is 8.25. The second kappa shape index (κ2) is 10.2. The number of rotatable bonds is 7. The Bertz CT molecular complexity index is 1200. The van der Waals surface area contributed by atoms with Crippen molar-refractivity contribution >= 4 is 28.7 Å². The van der Waals surface area contributed by atoms with E-state index in [4.69, 9.17) is 9.72 Å². The molecule has 9 nitrogen and oxygen atoms in total. The molecule has 2 aromatic heterocycles. The molecule has 3 heterocycles. The van der Waals surface area contributed by atoms with Crippen LogP contribution in [-0.2, 0) is 13.5 Å². The summed E-state index contributed by atoms with van der Waals surface area (Å²) in [5, 5.41) is 10.4. The van der Waals surface area contributed by atoms with E-state index in [1.165, 1.54) is 12.8 Å². The van der Waals surface area contributed by atoms with Gasteiger partial charge in [0.05, 0.1) is 23.1 Å². The average Bonchev–Trinajstić information content (AvgIpc) is 3.39. The molecular formula is C25H32N6O3. The second-order valence-electron chi connectivity index (χ2n) is 8.96. The fourth-order valence-corrected chi connectivity index (χ4v) is 4.29. The first-order valence-electron chi connectivity index (χ1n) is 11.7. The van der Waals surface area contributed by atoms with Crippen molar-refractivity contribution in [2.45, 2.75) is 46.1 Å². The minimum atomic E-state index is -0.611. The van der Waals surface area contributed by atoms with Gasteiger partial charge in [-0.25, -0.2) is 9.78 Å². The normalized spacial score (nSPS) is 14.0. The number of nitrogens with one attached hydrogen (secondary N) is 2. The van der Waals surface area contributed by atoms with Gasteiger partial charge in [0, 0.05) is 37.2 Å². The number of imide groups is 1. The number of hydrogen-bond donors (Lipinski definition) is 2. The largest absolute Gasteiger partial charge is 0.491 e. The Hall–Kier alpha value is -3.46. The van der Waals surface area contributed by atoms with Crippen LogP contribution >= 0.6 is 0 Å². The molecule has 1 aromatic carbocycles. The zero-order valence-electron chi connectivity index (χ0n) is 20.2. The zero-order valence-corrected chi connectivity index (χ0v) is 20.2. The van der Waals surface area contributed by atoms with Gasteiger partial charge < -0.3 is 15.0 Å². The number of aromatic nitrogens is 3. The minimum Gasteiger partial charge on any atom is -0.491 e. The van der Waals surface area contributed by atoms with Crippen LogP contribution in [0.15, 0.2) is 30.3 Å². The molecule has 0 unspecified atom stereocenters. The van der Waals surface area contributed by atoms with Crippen molar-refractivity contribution < 1.29 is 14.3 Å². The average molecular weight is 465 g/mol. The number of hydrogen-bond acceptors (Lipinski definition) is 6. The number of amides is 3. The van der Waals surface area contributed by atoms with E-state index in [2.05, 4.69) is 20.6 Å². The van der Waals surface area contributed by atoms with Crippen molar-refractivity contribution in [1.29, 1.82) is 0 Å². The van der Waals surface area contributed by atoms with E-state index in [1.54, 1.807) is 28.9 Å². The van der Waals surface area contributed by atoms with Crippen LogP contribution in [0.5, 0.6) is 5.75 Å². The van der Waals surface area contributed by atoms with Gasteiger partial charge in [0.25, 0.3) is 5.91 Å². The number of urea groups is 1. The summed E-state index contributed by atoms with van der Waals surface area (Å²) in [6.45, 7) is 8.70. The highest BCUT2D eigenvalue weighted by Gasteiger charge is 2.21. The summed E-state index contributed by atoms with van der Waals surface area (Å²) >= 11 is 0. The molecule has 0 bridgehead atoms. The Morgan fingerprint density at radius 1 is 1.18 bits per heavy atom. The summed E-state index contributed by atoms with van der Waals surface area (Å²) in [6.07, 6.45) is 3.04. The molecule has 0 atom stereocenters. The molecule has 1 saturated heterocycles. The third-order valence-electron chi connectivity index (χ3n) is 5.88. The number of carbonyl (C=O) groups excluding carboxylic acids is 2. The van der Waals surface area contributed by atoms with Crippen molar-refractivity contribution in [3.05, 3.63) is 47.3 Å². The van der Waals surface area contributed by atoms with E-state index < -0.39 is 11.9 Å². The van der Waals surface area contributed by atoms with Crippen LogP contribution in [0.25, 0.3) is 11.0 Å². The Labute approximate surface area is 199 Å². The van der Waals surface area contributed by atoms with Crippen LogP contribution in [0.4, 0.5) is 10.5 Å². The van der Waals surface area contributed by atoms with Crippen LogP contribution in [0.3, 0.4) is 0 Å². The van der Waals surface area contributed by atoms with Crippen molar-refractivity contribution in [3.8, 4) is 5.75 Å². The molecular weight excluding hydrogens is 432 g/mol. The van der Waals surface area contributed by atoms with Gasteiger partial charge in [-0.15, -0.1) is 0 Å². The monoisotopic (exact) mass is 464 g/mol. The fourth-order valence-electron chi connectivity index (χ4n) is 4.29. The van der Waals surface area contributed by atoms with Gasteiger partial charge in [-0.3, -0.25) is 14.8 Å². The van der Waals surface area contributed by atoms with Crippen LogP contribution in [0.1, 0.15) is 48.4 Å². The van der Waals surface area contributed by atoms with Crippen molar-refractivity contribution in [3.63, 3.8) is 0 Å². The lowest BCUT2D eigenvalue weighted by atomic mass is 10.1. The van der Waals surface area contributed by atoms with Gasteiger partial charge >= 0.3 is 6.03 Å². The summed E-state index contributed by atoms with van der Waals surface area (Å²) in [5.41, 5.74) is 3.12. The maximum absolute atomic E-state index is 13.2. The number of fused-ring (bicyclic) bond motifs is 1.